The number of aromatic nitrogens is 1. The second-order valence-corrected chi connectivity index (χ2v) is 5.13. The van der Waals surface area contributed by atoms with Gasteiger partial charge in [0.1, 0.15) is 17.6 Å². The van der Waals surface area contributed by atoms with Gasteiger partial charge in [-0.3, -0.25) is 4.98 Å². The molecule has 0 N–H and O–H groups in total. The van der Waals surface area contributed by atoms with Crippen molar-refractivity contribution >= 4 is 26.8 Å². The third kappa shape index (κ3) is 2.49. The average molecular weight is 325 g/mol. The molecule has 0 aliphatic carbocycles. The van der Waals surface area contributed by atoms with Gasteiger partial charge in [0.2, 0.25) is 0 Å². The number of benzene rings is 2. The predicted octanol–water partition coefficient (Wildman–Crippen LogP) is 4.66. The molecule has 2 aromatic carbocycles. The Labute approximate surface area is 124 Å². The van der Waals surface area contributed by atoms with Crippen molar-refractivity contribution in [1.29, 1.82) is 5.26 Å². The highest BCUT2D eigenvalue weighted by atomic mass is 79.9. The summed E-state index contributed by atoms with van der Waals surface area (Å²) in [6.45, 7) is 0. The van der Waals surface area contributed by atoms with Crippen molar-refractivity contribution in [3.8, 4) is 17.6 Å². The van der Waals surface area contributed by atoms with E-state index in [-0.39, 0.29) is 0 Å². The Morgan fingerprint density at radius 1 is 1.10 bits per heavy atom. The Morgan fingerprint density at radius 2 is 1.95 bits per heavy atom. The highest BCUT2D eigenvalue weighted by Crippen LogP contribution is 2.28. The number of hydrogen-bond donors (Lipinski definition) is 0. The van der Waals surface area contributed by atoms with Gasteiger partial charge in [-0.25, -0.2) is 0 Å². The summed E-state index contributed by atoms with van der Waals surface area (Å²) in [6, 6.07) is 17.2. The van der Waals surface area contributed by atoms with Crippen LogP contribution in [-0.2, 0) is 0 Å². The molecule has 3 aromatic rings. The molecule has 0 spiro atoms. The minimum atomic E-state index is 0.479. The Bertz CT molecular complexity index is 824. The van der Waals surface area contributed by atoms with E-state index in [1.165, 1.54) is 0 Å². The topological polar surface area (TPSA) is 45.9 Å². The molecule has 0 unspecified atom stereocenters. The van der Waals surface area contributed by atoms with E-state index in [4.69, 9.17) is 10.00 Å². The van der Waals surface area contributed by atoms with Crippen LogP contribution in [0.25, 0.3) is 10.9 Å². The summed E-state index contributed by atoms with van der Waals surface area (Å²) in [5.41, 5.74) is 1.39. The van der Waals surface area contributed by atoms with Crippen molar-refractivity contribution in [2.75, 3.05) is 0 Å². The van der Waals surface area contributed by atoms with Gasteiger partial charge in [0, 0.05) is 9.86 Å². The van der Waals surface area contributed by atoms with Gasteiger partial charge < -0.3 is 4.74 Å². The van der Waals surface area contributed by atoms with Crippen LogP contribution in [0.1, 0.15) is 5.56 Å². The lowest BCUT2D eigenvalue weighted by atomic mass is 10.2. The first kappa shape index (κ1) is 12.6. The molecule has 1 aromatic heterocycles. The van der Waals surface area contributed by atoms with Crippen molar-refractivity contribution in [2.45, 2.75) is 0 Å². The van der Waals surface area contributed by atoms with Gasteiger partial charge >= 0.3 is 0 Å². The fraction of sp³-hybridized carbons (Fsp3) is 0. The fourth-order valence-corrected chi connectivity index (χ4v) is 2.27. The lowest BCUT2D eigenvalue weighted by molar-refractivity contribution is 0.479. The van der Waals surface area contributed by atoms with Crippen molar-refractivity contribution in [3.63, 3.8) is 0 Å². The molecule has 3 rings (SSSR count). The summed E-state index contributed by atoms with van der Waals surface area (Å²) in [5, 5.41) is 10.1. The number of rotatable bonds is 2. The molecule has 0 saturated heterocycles. The quantitative estimate of drug-likeness (QED) is 0.688. The molecule has 0 bridgehead atoms. The Balaban J connectivity index is 1.99. The summed E-state index contributed by atoms with van der Waals surface area (Å²) >= 11 is 3.34. The van der Waals surface area contributed by atoms with Gasteiger partial charge in [-0.1, -0.05) is 34.1 Å². The molecule has 0 fully saturated rings. The van der Waals surface area contributed by atoms with Gasteiger partial charge in [-0.2, -0.15) is 5.26 Å². The van der Waals surface area contributed by atoms with Crippen LogP contribution in [0.4, 0.5) is 0 Å². The maximum absolute atomic E-state index is 9.13. The molecule has 0 saturated carbocycles. The lowest BCUT2D eigenvalue weighted by Gasteiger charge is -2.08. The molecule has 1 heterocycles. The fourth-order valence-electron chi connectivity index (χ4n) is 1.91. The van der Waals surface area contributed by atoms with Crippen LogP contribution < -0.4 is 4.74 Å². The molecule has 4 heteroatoms. The number of pyridine rings is 1. The highest BCUT2D eigenvalue weighted by molar-refractivity contribution is 9.10. The van der Waals surface area contributed by atoms with E-state index >= 15 is 0 Å². The molecule has 0 aliphatic heterocycles. The van der Waals surface area contributed by atoms with Gasteiger partial charge in [0.05, 0.1) is 17.3 Å². The number of nitriles is 1. The van der Waals surface area contributed by atoms with Crippen LogP contribution in [-0.4, -0.2) is 4.98 Å². The molecular formula is C16H9BrN2O. The van der Waals surface area contributed by atoms with Gasteiger partial charge in [-0.15, -0.1) is 0 Å². The highest BCUT2D eigenvalue weighted by Gasteiger charge is 2.06. The van der Waals surface area contributed by atoms with E-state index in [9.17, 15) is 0 Å². The Hall–Kier alpha value is -2.38. The first-order valence-electron chi connectivity index (χ1n) is 5.98. The predicted molar refractivity (Wildman–Crippen MR) is 80.7 cm³/mol. The number of fused-ring (bicyclic) bond motifs is 1. The van der Waals surface area contributed by atoms with E-state index in [0.29, 0.717) is 17.1 Å². The molecule has 0 amide bonds. The van der Waals surface area contributed by atoms with Crippen molar-refractivity contribution in [1.82, 2.24) is 4.98 Å². The minimum Gasteiger partial charge on any atom is -0.454 e. The first-order valence-corrected chi connectivity index (χ1v) is 6.78. The van der Waals surface area contributed by atoms with Crippen LogP contribution in [0.2, 0.25) is 0 Å². The third-order valence-electron chi connectivity index (χ3n) is 2.86. The van der Waals surface area contributed by atoms with Gasteiger partial charge in [-0.05, 0) is 30.3 Å². The van der Waals surface area contributed by atoms with E-state index in [1.54, 1.807) is 18.3 Å². The number of halogens is 1. The zero-order chi connectivity index (χ0) is 13.9. The summed E-state index contributed by atoms with van der Waals surface area (Å²) in [6.07, 6.45) is 1.66. The average Bonchev–Trinajstić information content (AvgIpc) is 2.49. The molecule has 0 atom stereocenters. The molecule has 20 heavy (non-hydrogen) atoms. The van der Waals surface area contributed by atoms with Gasteiger partial charge in [0.15, 0.2) is 0 Å². The molecule has 3 nitrogen and oxygen atoms in total. The van der Waals surface area contributed by atoms with Crippen LogP contribution >= 0.6 is 15.9 Å². The van der Waals surface area contributed by atoms with E-state index in [2.05, 4.69) is 27.0 Å². The summed E-state index contributed by atoms with van der Waals surface area (Å²) < 4.78 is 6.60. The summed E-state index contributed by atoms with van der Waals surface area (Å²) in [7, 11) is 0. The minimum absolute atomic E-state index is 0.479. The second-order valence-electron chi connectivity index (χ2n) is 4.22. The SMILES string of the molecule is N#Cc1cc(Br)ccc1Oc1cnc2ccccc2c1. The molecular weight excluding hydrogens is 316 g/mol. The van der Waals surface area contributed by atoms with E-state index in [0.717, 1.165) is 15.4 Å². The number of ether oxygens (including phenoxy) is 1. The standard InChI is InChI=1S/C16H9BrN2O/c17-13-5-6-16(12(7-13)9-18)20-14-8-11-3-1-2-4-15(11)19-10-14/h1-8,10H. The van der Waals surface area contributed by atoms with Crippen molar-refractivity contribution in [2.24, 2.45) is 0 Å². The molecule has 0 radical (unpaired) electrons. The van der Waals surface area contributed by atoms with E-state index < -0.39 is 0 Å². The van der Waals surface area contributed by atoms with Crippen LogP contribution in [0, 0.1) is 11.3 Å². The van der Waals surface area contributed by atoms with E-state index in [1.807, 2.05) is 36.4 Å². The zero-order valence-corrected chi connectivity index (χ0v) is 12.0. The lowest BCUT2D eigenvalue weighted by Crippen LogP contribution is -1.89. The largest absolute Gasteiger partial charge is 0.454 e. The molecule has 96 valence electrons. The Morgan fingerprint density at radius 3 is 2.80 bits per heavy atom. The summed E-state index contributed by atoms with van der Waals surface area (Å²) in [5.74, 6) is 1.13. The smallest absolute Gasteiger partial charge is 0.146 e. The normalized spacial score (nSPS) is 10.2. The van der Waals surface area contributed by atoms with Crippen molar-refractivity contribution < 1.29 is 4.74 Å². The summed E-state index contributed by atoms with van der Waals surface area (Å²) in [4.78, 5) is 4.33. The maximum Gasteiger partial charge on any atom is 0.146 e. The van der Waals surface area contributed by atoms with Crippen LogP contribution in [0.5, 0.6) is 11.5 Å². The third-order valence-corrected chi connectivity index (χ3v) is 3.35. The van der Waals surface area contributed by atoms with Gasteiger partial charge in [0.25, 0.3) is 0 Å². The maximum atomic E-state index is 9.13. The van der Waals surface area contributed by atoms with Crippen LogP contribution in [0.3, 0.4) is 0 Å². The number of nitrogens with zero attached hydrogens (tertiary/aromatic N) is 2. The second kappa shape index (κ2) is 5.32. The monoisotopic (exact) mass is 324 g/mol. The number of para-hydroxylation sites is 1. The van der Waals surface area contributed by atoms with Crippen molar-refractivity contribution in [3.05, 3.63) is 64.8 Å². The first-order chi connectivity index (χ1) is 9.76. The molecule has 0 aliphatic rings. The number of hydrogen-bond acceptors (Lipinski definition) is 3. The Kier molecular flexibility index (Phi) is 3.36. The van der Waals surface area contributed by atoms with Crippen LogP contribution in [0.15, 0.2) is 59.2 Å². The zero-order valence-electron chi connectivity index (χ0n) is 10.4.